The molecule has 0 saturated heterocycles. The summed E-state index contributed by atoms with van der Waals surface area (Å²) >= 11 is 0. The van der Waals surface area contributed by atoms with Gasteiger partial charge in [0.2, 0.25) is 29.5 Å². The van der Waals surface area contributed by atoms with E-state index in [1.165, 1.54) is 51.0 Å². The molecular formula is C52H79N9O11S. The first kappa shape index (κ1) is 61.1. The summed E-state index contributed by atoms with van der Waals surface area (Å²) in [7, 11) is -3.49. The molecule has 0 aliphatic carbocycles. The SMILES string of the molecule is CCCCCCCCCCCCOC(=O)[C@H](Cc1ccccc1)NC(=O)[C@@H](CCCCN)NC(=O)[C@H](Cc1ccccc1)NC(=O)[C@H](Cc1cnc[nH]1)NC(=O)[C@H](CCC(=O)O)NC(=O)[C@@H](N)CCS(C)(=O)=O. The van der Waals surface area contributed by atoms with E-state index in [9.17, 15) is 47.1 Å². The van der Waals surface area contributed by atoms with Crippen LogP contribution in [0.2, 0.25) is 0 Å². The van der Waals surface area contributed by atoms with Gasteiger partial charge < -0.3 is 52.9 Å². The largest absolute Gasteiger partial charge is 0.481 e. The molecule has 0 bridgehead atoms. The van der Waals surface area contributed by atoms with Crippen LogP contribution in [0.3, 0.4) is 0 Å². The number of aliphatic carboxylic acids is 1. The van der Waals surface area contributed by atoms with Gasteiger partial charge in [0.25, 0.3) is 0 Å². The Morgan fingerprint density at radius 2 is 1.10 bits per heavy atom. The van der Waals surface area contributed by atoms with Crippen molar-refractivity contribution in [2.24, 2.45) is 11.5 Å². The van der Waals surface area contributed by atoms with Gasteiger partial charge in [0.15, 0.2) is 0 Å². The second kappa shape index (κ2) is 34.3. The van der Waals surface area contributed by atoms with Crippen LogP contribution in [0.25, 0.3) is 0 Å². The first-order valence-electron chi connectivity index (χ1n) is 25.6. The molecular weight excluding hydrogens is 959 g/mol. The molecule has 0 aliphatic heterocycles. The third-order valence-electron chi connectivity index (χ3n) is 12.1. The molecule has 3 aromatic rings. The molecule has 21 heteroatoms. The number of imidazole rings is 1. The van der Waals surface area contributed by atoms with Crippen molar-refractivity contribution in [1.82, 2.24) is 36.6 Å². The smallest absolute Gasteiger partial charge is 0.328 e. The quantitative estimate of drug-likeness (QED) is 0.0294. The molecule has 1 aromatic heterocycles. The van der Waals surface area contributed by atoms with E-state index in [1.54, 1.807) is 30.3 Å². The number of benzene rings is 2. The van der Waals surface area contributed by atoms with Crippen molar-refractivity contribution in [3.8, 4) is 0 Å². The number of H-pyrrole nitrogens is 1. The van der Waals surface area contributed by atoms with Crippen LogP contribution in [0.15, 0.2) is 73.2 Å². The Morgan fingerprint density at radius 3 is 1.62 bits per heavy atom. The standard InChI is InChI=1S/C52H79N9O11S/c1-3-4-5-6-7-8-9-10-11-20-30-72-52(69)45(33-38-23-16-13-17-24-38)61-48(65)41(25-18-19-29-53)58-50(67)43(32-37-21-14-12-15-22-37)59-51(68)44(34-39-35-55-36-56-39)60-49(66)42(26-27-46(62)63)57-47(64)40(54)28-31-73(2,70)71/h12-17,21-24,35-36,40-45H,3-11,18-20,25-34,53-54H2,1-2H3,(H,55,56)(H,57,64)(H,58,67)(H,59,68)(H,60,66)(H,61,65)(H,62,63)/t40-,41+,42-,43-,44-,45-/m0/s1. The summed E-state index contributed by atoms with van der Waals surface area (Å²) < 4.78 is 29.2. The lowest BCUT2D eigenvalue weighted by molar-refractivity contribution is -0.148. The number of nitrogens with zero attached hydrogens (tertiary/aromatic N) is 1. The molecule has 6 atom stereocenters. The summed E-state index contributed by atoms with van der Waals surface area (Å²) in [5, 5.41) is 22.8. The zero-order chi connectivity index (χ0) is 53.4. The van der Waals surface area contributed by atoms with Crippen LogP contribution >= 0.6 is 0 Å². The summed E-state index contributed by atoms with van der Waals surface area (Å²) in [5.41, 5.74) is 13.6. The zero-order valence-electron chi connectivity index (χ0n) is 42.5. The van der Waals surface area contributed by atoms with Gasteiger partial charge in [-0.3, -0.25) is 28.8 Å². The number of hydrogen-bond acceptors (Lipinski definition) is 13. The number of esters is 1. The lowest BCUT2D eigenvalue weighted by atomic mass is 10.0. The highest BCUT2D eigenvalue weighted by atomic mass is 32.2. The molecule has 0 aliphatic rings. The number of nitrogens with one attached hydrogen (secondary N) is 6. The van der Waals surface area contributed by atoms with Gasteiger partial charge in [-0.15, -0.1) is 0 Å². The Hall–Kier alpha value is -6.19. The average molecular weight is 1040 g/mol. The maximum absolute atomic E-state index is 14.5. The molecule has 3 rings (SSSR count). The highest BCUT2D eigenvalue weighted by molar-refractivity contribution is 7.90. The van der Waals surface area contributed by atoms with E-state index in [0.717, 1.165) is 31.1 Å². The minimum Gasteiger partial charge on any atom is -0.481 e. The summed E-state index contributed by atoms with van der Waals surface area (Å²) in [6, 6.07) is 9.95. The molecule has 5 amide bonds. The van der Waals surface area contributed by atoms with Gasteiger partial charge in [0, 0.05) is 43.8 Å². The molecule has 0 unspecified atom stereocenters. The Balaban J connectivity index is 1.85. The Kier molecular flexibility index (Phi) is 28.7. The van der Waals surface area contributed by atoms with Crippen molar-refractivity contribution < 1.29 is 51.8 Å². The van der Waals surface area contributed by atoms with Crippen LogP contribution in [0, 0.1) is 0 Å². The number of aromatic nitrogens is 2. The number of hydrogen-bond donors (Lipinski definition) is 9. The molecule has 1 heterocycles. The van der Waals surface area contributed by atoms with E-state index in [-0.39, 0.29) is 38.7 Å². The van der Waals surface area contributed by atoms with Crippen LogP contribution in [0.5, 0.6) is 0 Å². The maximum Gasteiger partial charge on any atom is 0.328 e. The predicted molar refractivity (Wildman–Crippen MR) is 277 cm³/mol. The molecule has 0 spiro atoms. The van der Waals surface area contributed by atoms with Gasteiger partial charge in [0.05, 0.1) is 24.7 Å². The van der Waals surface area contributed by atoms with Gasteiger partial charge >= 0.3 is 11.9 Å². The highest BCUT2D eigenvalue weighted by Gasteiger charge is 2.34. The molecule has 404 valence electrons. The lowest BCUT2D eigenvalue weighted by Crippen LogP contribution is -2.60. The monoisotopic (exact) mass is 1040 g/mol. The van der Waals surface area contributed by atoms with Crippen LogP contribution in [0.1, 0.15) is 126 Å². The first-order chi connectivity index (χ1) is 35.0. The highest BCUT2D eigenvalue weighted by Crippen LogP contribution is 2.14. The van der Waals surface area contributed by atoms with E-state index in [2.05, 4.69) is 43.5 Å². The summed E-state index contributed by atoms with van der Waals surface area (Å²) in [6.45, 7) is 2.71. The van der Waals surface area contributed by atoms with E-state index in [1.807, 2.05) is 30.3 Å². The van der Waals surface area contributed by atoms with Crippen molar-refractivity contribution in [2.45, 2.75) is 165 Å². The predicted octanol–water partition coefficient (Wildman–Crippen LogP) is 3.08. The van der Waals surface area contributed by atoms with Gasteiger partial charge in [-0.2, -0.15) is 0 Å². The number of amides is 5. The molecule has 0 radical (unpaired) electrons. The van der Waals surface area contributed by atoms with Crippen LogP contribution < -0.4 is 38.1 Å². The van der Waals surface area contributed by atoms with Crippen molar-refractivity contribution in [3.63, 3.8) is 0 Å². The second-order valence-electron chi connectivity index (χ2n) is 18.6. The van der Waals surface area contributed by atoms with Crippen LogP contribution in [-0.4, -0.2) is 126 Å². The van der Waals surface area contributed by atoms with E-state index >= 15 is 0 Å². The van der Waals surface area contributed by atoms with Gasteiger partial charge in [-0.1, -0.05) is 125 Å². The minimum atomic E-state index is -3.49. The minimum absolute atomic E-state index is 0.0646. The number of rotatable bonds is 38. The number of nitrogens with two attached hydrogens (primary N) is 2. The number of carbonyl (C=O) groups excluding carboxylic acids is 6. The number of sulfone groups is 1. The fraction of sp³-hybridized carbons (Fsp3) is 0.577. The summed E-state index contributed by atoms with van der Waals surface area (Å²) in [5.74, 6) is -6.45. The second-order valence-corrected chi connectivity index (χ2v) is 20.8. The Bertz CT molecular complexity index is 2240. The molecule has 11 N–H and O–H groups in total. The van der Waals surface area contributed by atoms with Crippen LogP contribution in [0.4, 0.5) is 0 Å². The molecule has 73 heavy (non-hydrogen) atoms. The lowest BCUT2D eigenvalue weighted by Gasteiger charge is -2.27. The number of carboxylic acids is 1. The molecule has 2 aromatic carbocycles. The number of carbonyl (C=O) groups is 7. The van der Waals surface area contributed by atoms with E-state index in [0.29, 0.717) is 37.1 Å². The molecule has 0 saturated carbocycles. The zero-order valence-corrected chi connectivity index (χ0v) is 43.3. The molecule has 20 nitrogen and oxygen atoms in total. The van der Waals surface area contributed by atoms with Gasteiger partial charge in [-0.25, -0.2) is 18.2 Å². The normalized spacial score (nSPS) is 13.8. The van der Waals surface area contributed by atoms with Crippen LogP contribution in [-0.2, 0) is 67.4 Å². The maximum atomic E-state index is 14.5. The summed E-state index contributed by atoms with van der Waals surface area (Å²) in [6.07, 6.45) is 14.5. The number of aromatic amines is 1. The van der Waals surface area contributed by atoms with Crippen molar-refractivity contribution in [2.75, 3.05) is 25.2 Å². The molecule has 0 fully saturated rings. The third-order valence-corrected chi connectivity index (χ3v) is 13.1. The van der Waals surface area contributed by atoms with Crippen molar-refractivity contribution in [1.29, 1.82) is 0 Å². The topological polar surface area (TPSA) is 324 Å². The van der Waals surface area contributed by atoms with Gasteiger partial charge in [0.1, 0.15) is 40.0 Å². The Labute approximate surface area is 430 Å². The number of carboxylic acid groups (broad SMARTS) is 1. The van der Waals surface area contributed by atoms with Crippen molar-refractivity contribution in [3.05, 3.63) is 90.0 Å². The number of unbranched alkanes of at least 4 members (excludes halogenated alkanes) is 10. The summed E-state index contributed by atoms with van der Waals surface area (Å²) in [4.78, 5) is 102. The third kappa shape index (κ3) is 25.9. The fourth-order valence-electron chi connectivity index (χ4n) is 7.93. The van der Waals surface area contributed by atoms with E-state index < -0.39 is 106 Å². The van der Waals surface area contributed by atoms with Crippen molar-refractivity contribution >= 4 is 51.3 Å². The fourth-order valence-corrected chi connectivity index (χ4v) is 8.61. The Morgan fingerprint density at radius 1 is 0.616 bits per heavy atom. The average Bonchev–Trinajstić information content (AvgIpc) is 3.88. The van der Waals surface area contributed by atoms with E-state index in [4.69, 9.17) is 16.2 Å². The first-order valence-corrected chi connectivity index (χ1v) is 27.6. The number of ether oxygens (including phenoxy) is 1. The van der Waals surface area contributed by atoms with Gasteiger partial charge in [-0.05, 0) is 56.2 Å².